The maximum absolute atomic E-state index is 14.8. The third-order valence-corrected chi connectivity index (χ3v) is 7.63. The molecule has 0 unspecified atom stereocenters. The number of pyridine rings is 2. The molecule has 1 aromatic carbocycles. The molecule has 0 saturated carbocycles. The second kappa shape index (κ2) is 6.96. The molecule has 6 rings (SSSR count). The Balaban J connectivity index is 1.69. The molecule has 0 radical (unpaired) electrons. The second-order valence-corrected chi connectivity index (χ2v) is 9.19. The van der Waals surface area contributed by atoms with Crippen LogP contribution in [-0.4, -0.2) is 27.3 Å². The van der Waals surface area contributed by atoms with Crippen LogP contribution >= 0.6 is 0 Å². The zero-order valence-corrected chi connectivity index (χ0v) is 18.9. The van der Waals surface area contributed by atoms with Crippen LogP contribution in [0.1, 0.15) is 59.2 Å². The standard InChI is InChI=1S/C25H23FN4O4/c1-4-25(33)15-7-19-22-13(9-30(19)23(31)14(15)10-34-24(25)32)21-17(29-27-3)6-5-12-11(2)16(26)8-18(28-22)20(12)21/h7-8,17,29,33H,3-6,9-10H2,1-2H3/t17-,25-/m0/s1. The highest BCUT2D eigenvalue weighted by Crippen LogP contribution is 2.45. The van der Waals surface area contributed by atoms with Gasteiger partial charge in [-0.3, -0.25) is 4.79 Å². The van der Waals surface area contributed by atoms with Gasteiger partial charge in [-0.2, -0.15) is 5.10 Å². The van der Waals surface area contributed by atoms with Crippen molar-refractivity contribution in [2.24, 2.45) is 5.10 Å². The van der Waals surface area contributed by atoms with Crippen molar-refractivity contribution in [3.05, 3.63) is 61.7 Å². The summed E-state index contributed by atoms with van der Waals surface area (Å²) in [6, 6.07) is 2.94. The average Bonchev–Trinajstić information content (AvgIpc) is 3.19. The van der Waals surface area contributed by atoms with Gasteiger partial charge in [-0.05, 0) is 48.9 Å². The van der Waals surface area contributed by atoms with Gasteiger partial charge in [-0.25, -0.2) is 14.2 Å². The van der Waals surface area contributed by atoms with E-state index in [4.69, 9.17) is 9.72 Å². The van der Waals surface area contributed by atoms with Gasteiger partial charge in [0, 0.05) is 29.3 Å². The molecular weight excluding hydrogens is 439 g/mol. The van der Waals surface area contributed by atoms with Gasteiger partial charge in [0.25, 0.3) is 5.56 Å². The third-order valence-electron chi connectivity index (χ3n) is 7.63. The minimum absolute atomic E-state index is 0.0653. The van der Waals surface area contributed by atoms with E-state index < -0.39 is 11.6 Å². The van der Waals surface area contributed by atoms with Crippen LogP contribution < -0.4 is 11.0 Å². The number of hydrogen-bond donors (Lipinski definition) is 2. The smallest absolute Gasteiger partial charge is 0.343 e. The molecule has 2 atom stereocenters. The van der Waals surface area contributed by atoms with E-state index in [0.29, 0.717) is 35.3 Å². The summed E-state index contributed by atoms with van der Waals surface area (Å²) >= 11 is 0. The van der Waals surface area contributed by atoms with E-state index in [1.807, 2.05) is 0 Å². The summed E-state index contributed by atoms with van der Waals surface area (Å²) in [4.78, 5) is 30.7. The monoisotopic (exact) mass is 462 g/mol. The van der Waals surface area contributed by atoms with Gasteiger partial charge in [-0.15, -0.1) is 0 Å². The Kier molecular flexibility index (Phi) is 4.29. The summed E-state index contributed by atoms with van der Waals surface area (Å²) in [6.45, 7) is 7.10. The Morgan fingerprint density at radius 3 is 2.88 bits per heavy atom. The van der Waals surface area contributed by atoms with Gasteiger partial charge in [0.15, 0.2) is 5.60 Å². The predicted octanol–water partition coefficient (Wildman–Crippen LogP) is 2.72. The van der Waals surface area contributed by atoms with E-state index in [2.05, 4.69) is 17.2 Å². The minimum atomic E-state index is -1.90. The molecule has 0 bridgehead atoms. The van der Waals surface area contributed by atoms with Crippen LogP contribution in [0, 0.1) is 12.7 Å². The van der Waals surface area contributed by atoms with Crippen molar-refractivity contribution < 1.29 is 19.0 Å². The fraction of sp³-hybridized carbons (Fsp3) is 0.360. The molecule has 0 fully saturated rings. The molecule has 2 aliphatic heterocycles. The zero-order chi connectivity index (χ0) is 23.9. The summed E-state index contributed by atoms with van der Waals surface area (Å²) in [5.74, 6) is -1.09. The number of aryl methyl sites for hydroxylation is 1. The molecule has 0 saturated heterocycles. The number of fused-ring (bicyclic) bond motifs is 5. The minimum Gasteiger partial charge on any atom is -0.458 e. The number of ether oxygens (including phenoxy) is 1. The number of esters is 1. The number of carbonyl (C=O) groups is 1. The first-order valence-corrected chi connectivity index (χ1v) is 11.3. The lowest BCUT2D eigenvalue weighted by molar-refractivity contribution is -0.172. The lowest BCUT2D eigenvalue weighted by Crippen LogP contribution is -2.44. The Bertz CT molecular complexity index is 1510. The predicted molar refractivity (Wildman–Crippen MR) is 123 cm³/mol. The largest absolute Gasteiger partial charge is 0.458 e. The number of aliphatic hydroxyl groups is 1. The summed E-state index contributed by atoms with van der Waals surface area (Å²) in [5.41, 5.74) is 6.24. The van der Waals surface area contributed by atoms with Gasteiger partial charge in [0.05, 0.1) is 35.1 Å². The Labute approximate surface area is 194 Å². The van der Waals surface area contributed by atoms with Crippen molar-refractivity contribution in [3.63, 3.8) is 0 Å². The number of halogens is 1. The van der Waals surface area contributed by atoms with Gasteiger partial charge in [0.2, 0.25) is 0 Å². The number of aromatic nitrogens is 2. The first-order chi connectivity index (χ1) is 16.3. The number of benzene rings is 1. The van der Waals surface area contributed by atoms with Gasteiger partial charge >= 0.3 is 5.97 Å². The van der Waals surface area contributed by atoms with Crippen LogP contribution in [0.15, 0.2) is 22.0 Å². The van der Waals surface area contributed by atoms with E-state index >= 15 is 0 Å². The highest BCUT2D eigenvalue weighted by atomic mass is 19.1. The van der Waals surface area contributed by atoms with Crippen molar-refractivity contribution in [3.8, 4) is 11.4 Å². The fourth-order valence-corrected chi connectivity index (χ4v) is 5.79. The second-order valence-electron chi connectivity index (χ2n) is 9.19. The van der Waals surface area contributed by atoms with Crippen molar-refractivity contribution in [1.82, 2.24) is 15.0 Å². The number of nitrogens with one attached hydrogen (secondary N) is 1. The SMILES string of the molecule is C=NN[C@H]1CCc2c(C)c(F)cc3nc4c(c1c23)Cn1c-4cc2c(c1=O)COC(=O)[C@]2(O)CC. The topological polar surface area (TPSA) is 106 Å². The molecule has 0 amide bonds. The molecule has 3 aromatic rings. The van der Waals surface area contributed by atoms with Crippen molar-refractivity contribution in [1.29, 1.82) is 0 Å². The first-order valence-electron chi connectivity index (χ1n) is 11.3. The van der Waals surface area contributed by atoms with Crippen LogP contribution in [0.5, 0.6) is 0 Å². The molecular formula is C25H23FN4O4. The van der Waals surface area contributed by atoms with E-state index in [9.17, 15) is 19.1 Å². The maximum atomic E-state index is 14.8. The van der Waals surface area contributed by atoms with Crippen LogP contribution in [0.25, 0.3) is 22.3 Å². The number of rotatable bonds is 3. The molecule has 8 nitrogen and oxygen atoms in total. The zero-order valence-electron chi connectivity index (χ0n) is 18.9. The number of nitrogens with zero attached hydrogens (tertiary/aromatic N) is 3. The van der Waals surface area contributed by atoms with Crippen molar-refractivity contribution in [2.45, 2.75) is 57.9 Å². The molecule has 34 heavy (non-hydrogen) atoms. The quantitative estimate of drug-likeness (QED) is 0.276. The Morgan fingerprint density at radius 2 is 2.15 bits per heavy atom. The molecule has 0 spiro atoms. The first kappa shape index (κ1) is 21.0. The van der Waals surface area contributed by atoms with Gasteiger partial charge in [-0.1, -0.05) is 6.92 Å². The van der Waals surface area contributed by atoms with E-state index in [1.54, 1.807) is 24.5 Å². The normalized spacial score (nSPS) is 22.1. The average molecular weight is 462 g/mol. The molecule has 9 heteroatoms. The number of hydrogen-bond acceptors (Lipinski definition) is 7. The molecule has 174 valence electrons. The van der Waals surface area contributed by atoms with E-state index in [1.165, 1.54) is 6.07 Å². The molecule has 1 aliphatic carbocycles. The Hall–Kier alpha value is -3.59. The molecule has 2 aromatic heterocycles. The van der Waals surface area contributed by atoms with E-state index in [-0.39, 0.29) is 48.1 Å². The summed E-state index contributed by atoms with van der Waals surface area (Å²) in [5, 5.41) is 15.9. The molecule has 3 aliphatic rings. The summed E-state index contributed by atoms with van der Waals surface area (Å²) in [7, 11) is 0. The lowest BCUT2D eigenvalue weighted by Gasteiger charge is -2.31. The summed E-state index contributed by atoms with van der Waals surface area (Å²) in [6.07, 6.45) is 1.43. The van der Waals surface area contributed by atoms with Crippen LogP contribution in [0.4, 0.5) is 4.39 Å². The van der Waals surface area contributed by atoms with Gasteiger partial charge < -0.3 is 19.8 Å². The van der Waals surface area contributed by atoms with E-state index in [0.717, 1.165) is 22.1 Å². The van der Waals surface area contributed by atoms with Crippen LogP contribution in [-0.2, 0) is 34.7 Å². The summed E-state index contributed by atoms with van der Waals surface area (Å²) < 4.78 is 21.5. The number of hydrazone groups is 1. The fourth-order valence-electron chi connectivity index (χ4n) is 5.79. The van der Waals surface area contributed by atoms with Crippen LogP contribution in [0.2, 0.25) is 0 Å². The number of carbonyl (C=O) groups excluding carboxylic acids is 1. The van der Waals surface area contributed by atoms with Crippen molar-refractivity contribution >= 4 is 23.6 Å². The molecule has 4 heterocycles. The maximum Gasteiger partial charge on any atom is 0.343 e. The van der Waals surface area contributed by atoms with Crippen LogP contribution in [0.3, 0.4) is 0 Å². The lowest BCUT2D eigenvalue weighted by atomic mass is 9.82. The molecule has 2 N–H and O–H groups in total. The van der Waals surface area contributed by atoms with Crippen molar-refractivity contribution in [2.75, 3.05) is 0 Å². The highest BCUT2D eigenvalue weighted by molar-refractivity contribution is 5.93. The number of cyclic esters (lactones) is 1. The highest BCUT2D eigenvalue weighted by Gasteiger charge is 2.45. The van der Waals surface area contributed by atoms with Gasteiger partial charge in [0.1, 0.15) is 12.4 Å². The third kappa shape index (κ3) is 2.50. The Morgan fingerprint density at radius 1 is 1.35 bits per heavy atom.